The van der Waals surface area contributed by atoms with Gasteiger partial charge >= 0.3 is 0 Å². The standard InChI is InChI=1S/C16H26N2O3S/c1-16(11-19,12-20)10-17(2)6-4-15(21)18-7-3-14-13(9-18)5-8-22-14/h5,8,19-20H,3-4,6-7,9-12H2,1-2H3. The number of hydrogen-bond acceptors (Lipinski definition) is 5. The summed E-state index contributed by atoms with van der Waals surface area (Å²) >= 11 is 1.78. The number of aliphatic hydroxyl groups is 2. The second-order valence-corrected chi connectivity index (χ2v) is 7.55. The molecule has 1 aromatic heterocycles. The van der Waals surface area contributed by atoms with Crippen LogP contribution in [-0.2, 0) is 17.8 Å². The third-order valence-electron chi connectivity index (χ3n) is 4.28. The summed E-state index contributed by atoms with van der Waals surface area (Å²) in [5.74, 6) is 0.179. The number of rotatable bonds is 7. The van der Waals surface area contributed by atoms with Gasteiger partial charge in [-0.2, -0.15) is 0 Å². The van der Waals surface area contributed by atoms with Crippen molar-refractivity contribution in [1.29, 1.82) is 0 Å². The van der Waals surface area contributed by atoms with Crippen LogP contribution in [0.2, 0.25) is 0 Å². The zero-order chi connectivity index (χ0) is 16.2. The van der Waals surface area contributed by atoms with Gasteiger partial charge in [-0.25, -0.2) is 0 Å². The molecule has 0 atom stereocenters. The summed E-state index contributed by atoms with van der Waals surface area (Å²) in [5.41, 5.74) is 0.764. The van der Waals surface area contributed by atoms with Crippen molar-refractivity contribution in [3.8, 4) is 0 Å². The molecule has 1 aromatic rings. The Hall–Kier alpha value is -0.950. The first-order valence-corrected chi connectivity index (χ1v) is 8.59. The molecule has 0 saturated carbocycles. The molecule has 0 unspecified atom stereocenters. The zero-order valence-corrected chi connectivity index (χ0v) is 14.2. The highest BCUT2D eigenvalue weighted by Crippen LogP contribution is 2.24. The predicted octanol–water partition coefficient (Wildman–Crippen LogP) is 0.946. The Morgan fingerprint density at radius 3 is 2.86 bits per heavy atom. The van der Waals surface area contributed by atoms with Gasteiger partial charge < -0.3 is 20.0 Å². The van der Waals surface area contributed by atoms with E-state index in [-0.39, 0.29) is 19.1 Å². The molecule has 2 rings (SSSR count). The minimum absolute atomic E-state index is 0.0607. The highest BCUT2D eigenvalue weighted by molar-refractivity contribution is 7.10. The lowest BCUT2D eigenvalue weighted by Crippen LogP contribution is -2.41. The molecule has 2 heterocycles. The average molecular weight is 326 g/mol. The van der Waals surface area contributed by atoms with E-state index in [9.17, 15) is 15.0 Å². The molecular weight excluding hydrogens is 300 g/mol. The summed E-state index contributed by atoms with van der Waals surface area (Å²) in [6, 6.07) is 2.11. The van der Waals surface area contributed by atoms with Crippen LogP contribution in [0.1, 0.15) is 23.8 Å². The molecule has 0 spiro atoms. The van der Waals surface area contributed by atoms with Crippen LogP contribution in [0.15, 0.2) is 11.4 Å². The number of carbonyl (C=O) groups is 1. The quantitative estimate of drug-likeness (QED) is 0.783. The first-order valence-electron chi connectivity index (χ1n) is 7.71. The molecule has 124 valence electrons. The normalized spacial score (nSPS) is 15.2. The molecule has 5 nitrogen and oxygen atoms in total. The summed E-state index contributed by atoms with van der Waals surface area (Å²) in [5, 5.41) is 20.7. The number of nitrogens with zero attached hydrogens (tertiary/aromatic N) is 2. The summed E-state index contributed by atoms with van der Waals surface area (Å²) < 4.78 is 0. The smallest absolute Gasteiger partial charge is 0.224 e. The van der Waals surface area contributed by atoms with Crippen LogP contribution in [-0.4, -0.2) is 65.8 Å². The van der Waals surface area contributed by atoms with Gasteiger partial charge in [0.15, 0.2) is 0 Å². The molecule has 1 aliphatic rings. The Kier molecular flexibility index (Phi) is 5.97. The van der Waals surface area contributed by atoms with Crippen LogP contribution < -0.4 is 0 Å². The summed E-state index contributed by atoms with van der Waals surface area (Å²) in [7, 11) is 1.92. The molecule has 0 fully saturated rings. The van der Waals surface area contributed by atoms with E-state index in [1.54, 1.807) is 11.3 Å². The van der Waals surface area contributed by atoms with Gasteiger partial charge in [0, 0.05) is 42.9 Å². The molecule has 6 heteroatoms. The number of thiophene rings is 1. The van der Waals surface area contributed by atoms with Gasteiger partial charge in [-0.15, -0.1) is 11.3 Å². The van der Waals surface area contributed by atoms with E-state index in [0.29, 0.717) is 19.5 Å². The lowest BCUT2D eigenvalue weighted by molar-refractivity contribution is -0.132. The van der Waals surface area contributed by atoms with E-state index in [1.165, 1.54) is 10.4 Å². The Balaban J connectivity index is 1.78. The SMILES string of the molecule is CN(CCC(=O)N1CCc2sccc2C1)CC(C)(CO)CO. The van der Waals surface area contributed by atoms with Crippen molar-refractivity contribution < 1.29 is 15.0 Å². The van der Waals surface area contributed by atoms with Crippen LogP contribution in [0.5, 0.6) is 0 Å². The minimum Gasteiger partial charge on any atom is -0.396 e. The van der Waals surface area contributed by atoms with Crippen LogP contribution in [0.3, 0.4) is 0 Å². The van der Waals surface area contributed by atoms with Crippen molar-refractivity contribution in [3.63, 3.8) is 0 Å². The Morgan fingerprint density at radius 2 is 2.18 bits per heavy atom. The molecule has 0 bridgehead atoms. The summed E-state index contributed by atoms with van der Waals surface area (Å²) in [6.07, 6.45) is 1.44. The van der Waals surface area contributed by atoms with E-state index >= 15 is 0 Å². The van der Waals surface area contributed by atoms with Crippen molar-refractivity contribution in [2.75, 3.05) is 39.9 Å². The van der Waals surface area contributed by atoms with E-state index in [1.807, 2.05) is 23.8 Å². The van der Waals surface area contributed by atoms with Crippen molar-refractivity contribution in [1.82, 2.24) is 9.80 Å². The first-order chi connectivity index (χ1) is 10.5. The number of fused-ring (bicyclic) bond motifs is 1. The Bertz CT molecular complexity index is 499. The van der Waals surface area contributed by atoms with Crippen LogP contribution in [0.25, 0.3) is 0 Å². The van der Waals surface area contributed by atoms with Crippen molar-refractivity contribution >= 4 is 17.2 Å². The van der Waals surface area contributed by atoms with Gasteiger partial charge in [0.25, 0.3) is 0 Å². The van der Waals surface area contributed by atoms with Crippen LogP contribution in [0, 0.1) is 5.41 Å². The van der Waals surface area contributed by atoms with Gasteiger partial charge in [0.1, 0.15) is 0 Å². The molecule has 2 N–H and O–H groups in total. The maximum absolute atomic E-state index is 12.3. The van der Waals surface area contributed by atoms with Gasteiger partial charge in [0.05, 0.1) is 13.2 Å². The maximum Gasteiger partial charge on any atom is 0.224 e. The third kappa shape index (κ3) is 4.29. The van der Waals surface area contributed by atoms with Gasteiger partial charge in [-0.05, 0) is 30.5 Å². The fraction of sp³-hybridized carbons (Fsp3) is 0.688. The lowest BCUT2D eigenvalue weighted by atomic mass is 9.92. The molecule has 0 aromatic carbocycles. The van der Waals surface area contributed by atoms with Crippen molar-refractivity contribution in [2.45, 2.75) is 26.3 Å². The molecule has 0 saturated heterocycles. The topological polar surface area (TPSA) is 64.0 Å². The van der Waals surface area contributed by atoms with Gasteiger partial charge in [0.2, 0.25) is 5.91 Å². The van der Waals surface area contributed by atoms with E-state index in [2.05, 4.69) is 11.4 Å². The minimum atomic E-state index is -0.519. The number of aliphatic hydroxyl groups excluding tert-OH is 2. The fourth-order valence-electron chi connectivity index (χ4n) is 2.79. The second kappa shape index (κ2) is 7.55. The lowest BCUT2D eigenvalue weighted by Gasteiger charge is -2.31. The Labute approximate surface area is 136 Å². The van der Waals surface area contributed by atoms with E-state index in [0.717, 1.165) is 19.5 Å². The number of hydrogen-bond donors (Lipinski definition) is 2. The highest BCUT2D eigenvalue weighted by atomic mass is 32.1. The third-order valence-corrected chi connectivity index (χ3v) is 5.31. The molecule has 1 aliphatic heterocycles. The molecule has 0 radical (unpaired) electrons. The van der Waals surface area contributed by atoms with Crippen LogP contribution >= 0.6 is 11.3 Å². The number of carbonyl (C=O) groups excluding carboxylic acids is 1. The molecule has 22 heavy (non-hydrogen) atoms. The highest BCUT2D eigenvalue weighted by Gasteiger charge is 2.25. The van der Waals surface area contributed by atoms with Crippen molar-refractivity contribution in [3.05, 3.63) is 21.9 Å². The van der Waals surface area contributed by atoms with Gasteiger partial charge in [-0.3, -0.25) is 4.79 Å². The Morgan fingerprint density at radius 1 is 1.45 bits per heavy atom. The second-order valence-electron chi connectivity index (χ2n) is 6.55. The first kappa shape index (κ1) is 17.4. The summed E-state index contributed by atoms with van der Waals surface area (Å²) in [6.45, 7) is 4.47. The maximum atomic E-state index is 12.3. The predicted molar refractivity (Wildman–Crippen MR) is 87.8 cm³/mol. The largest absolute Gasteiger partial charge is 0.396 e. The number of amides is 1. The van der Waals surface area contributed by atoms with E-state index in [4.69, 9.17) is 0 Å². The zero-order valence-electron chi connectivity index (χ0n) is 13.4. The van der Waals surface area contributed by atoms with E-state index < -0.39 is 5.41 Å². The molecule has 0 aliphatic carbocycles. The molecular formula is C16H26N2O3S. The van der Waals surface area contributed by atoms with Crippen LogP contribution in [0.4, 0.5) is 0 Å². The van der Waals surface area contributed by atoms with Gasteiger partial charge in [-0.1, -0.05) is 6.92 Å². The molecule has 1 amide bonds. The summed E-state index contributed by atoms with van der Waals surface area (Å²) in [4.78, 5) is 17.7. The van der Waals surface area contributed by atoms with Crippen molar-refractivity contribution in [2.24, 2.45) is 5.41 Å². The average Bonchev–Trinajstić information content (AvgIpc) is 2.99. The monoisotopic (exact) mass is 326 g/mol. The fourth-order valence-corrected chi connectivity index (χ4v) is 3.68.